The highest BCUT2D eigenvalue weighted by Gasteiger charge is 2.23. The molecule has 142 valence electrons. The van der Waals surface area contributed by atoms with Crippen LogP contribution in [-0.4, -0.2) is 29.8 Å². The largest absolute Gasteiger partial charge is 0.369 e. The Labute approximate surface area is 156 Å². The number of amides is 2. The normalized spacial score (nSPS) is 15.5. The maximum atomic E-state index is 13.3. The van der Waals surface area contributed by atoms with Crippen LogP contribution in [0, 0.1) is 17.6 Å². The van der Waals surface area contributed by atoms with Crippen molar-refractivity contribution in [2.24, 2.45) is 11.7 Å². The molecule has 0 atom stereocenters. The van der Waals surface area contributed by atoms with Gasteiger partial charge in [0.2, 0.25) is 5.91 Å². The summed E-state index contributed by atoms with van der Waals surface area (Å²) >= 11 is 0. The Morgan fingerprint density at radius 2 is 1.74 bits per heavy atom. The van der Waals surface area contributed by atoms with Crippen molar-refractivity contribution in [3.63, 3.8) is 0 Å². The predicted octanol–water partition coefficient (Wildman–Crippen LogP) is 2.91. The molecule has 1 fully saturated rings. The van der Waals surface area contributed by atoms with Crippen LogP contribution in [0.1, 0.15) is 28.8 Å². The number of nitrogens with one attached hydrogen (secondary N) is 1. The second-order valence-electron chi connectivity index (χ2n) is 6.77. The van der Waals surface area contributed by atoms with E-state index in [4.69, 9.17) is 5.73 Å². The maximum absolute atomic E-state index is 13.3. The Balaban J connectivity index is 1.62. The van der Waals surface area contributed by atoms with Crippen molar-refractivity contribution in [1.82, 2.24) is 4.90 Å². The Bertz CT molecular complexity index is 829. The van der Waals surface area contributed by atoms with Crippen LogP contribution in [0.3, 0.4) is 0 Å². The molecule has 0 aromatic heterocycles. The van der Waals surface area contributed by atoms with Crippen LogP contribution in [0.15, 0.2) is 42.5 Å². The number of nitrogens with zero attached hydrogens (tertiary/aromatic N) is 1. The number of benzene rings is 2. The number of anilines is 1. The first-order valence-corrected chi connectivity index (χ1v) is 8.79. The topological polar surface area (TPSA) is 75.4 Å². The third-order valence-corrected chi connectivity index (χ3v) is 4.71. The van der Waals surface area contributed by atoms with Gasteiger partial charge in [-0.2, -0.15) is 0 Å². The molecule has 0 unspecified atom stereocenters. The van der Waals surface area contributed by atoms with Gasteiger partial charge >= 0.3 is 0 Å². The van der Waals surface area contributed by atoms with E-state index in [1.165, 1.54) is 0 Å². The number of rotatable bonds is 5. The quantitative estimate of drug-likeness (QED) is 0.846. The standard InChI is InChI=1S/C20H21F2N3O2/c21-16-9-15(10-17(22)11-16)20(27)24-18-3-1-2-13(8-18)12-25-6-4-14(5-7-25)19(23)26/h1-3,8-11,14H,4-7,12H2,(H2,23,26)(H,24,27). The molecular weight excluding hydrogens is 352 g/mol. The first-order valence-electron chi connectivity index (χ1n) is 8.79. The minimum Gasteiger partial charge on any atom is -0.369 e. The summed E-state index contributed by atoms with van der Waals surface area (Å²) in [5.41, 5.74) is 6.82. The van der Waals surface area contributed by atoms with E-state index in [2.05, 4.69) is 10.2 Å². The summed E-state index contributed by atoms with van der Waals surface area (Å²) in [5, 5.41) is 2.66. The zero-order valence-corrected chi connectivity index (χ0v) is 14.8. The van der Waals surface area contributed by atoms with Crippen LogP contribution >= 0.6 is 0 Å². The second-order valence-corrected chi connectivity index (χ2v) is 6.77. The van der Waals surface area contributed by atoms with Crippen LogP contribution in [0.5, 0.6) is 0 Å². The average Bonchev–Trinajstić information content (AvgIpc) is 2.61. The smallest absolute Gasteiger partial charge is 0.255 e. The molecular formula is C20H21F2N3O2. The molecule has 2 aromatic carbocycles. The first-order chi connectivity index (χ1) is 12.9. The van der Waals surface area contributed by atoms with Gasteiger partial charge in [0, 0.05) is 29.8 Å². The molecule has 0 bridgehead atoms. The molecule has 1 aliphatic rings. The fraction of sp³-hybridized carbons (Fsp3) is 0.300. The number of likely N-dealkylation sites (tertiary alicyclic amines) is 1. The molecule has 0 spiro atoms. The SMILES string of the molecule is NC(=O)C1CCN(Cc2cccc(NC(=O)c3cc(F)cc(F)c3)c2)CC1. The average molecular weight is 373 g/mol. The van der Waals surface area contributed by atoms with E-state index in [-0.39, 0.29) is 17.4 Å². The van der Waals surface area contributed by atoms with E-state index in [1.807, 2.05) is 18.2 Å². The van der Waals surface area contributed by atoms with E-state index < -0.39 is 17.5 Å². The summed E-state index contributed by atoms with van der Waals surface area (Å²) in [7, 11) is 0. The van der Waals surface area contributed by atoms with Crippen molar-refractivity contribution in [1.29, 1.82) is 0 Å². The summed E-state index contributed by atoms with van der Waals surface area (Å²) in [6.45, 7) is 2.25. The van der Waals surface area contributed by atoms with Crippen LogP contribution in [0.2, 0.25) is 0 Å². The van der Waals surface area contributed by atoms with E-state index in [9.17, 15) is 18.4 Å². The third-order valence-electron chi connectivity index (χ3n) is 4.71. The maximum Gasteiger partial charge on any atom is 0.255 e. The van der Waals surface area contributed by atoms with Gasteiger partial charge in [-0.25, -0.2) is 8.78 Å². The summed E-state index contributed by atoms with van der Waals surface area (Å²) in [5.74, 6) is -2.47. The Morgan fingerprint density at radius 3 is 2.37 bits per heavy atom. The van der Waals surface area contributed by atoms with Crippen molar-refractivity contribution in [2.45, 2.75) is 19.4 Å². The van der Waals surface area contributed by atoms with Crippen LogP contribution in [0.4, 0.5) is 14.5 Å². The number of piperidine rings is 1. The Hall–Kier alpha value is -2.80. The number of primary amides is 1. The lowest BCUT2D eigenvalue weighted by molar-refractivity contribution is -0.123. The van der Waals surface area contributed by atoms with Gasteiger partial charge in [-0.15, -0.1) is 0 Å². The molecule has 1 heterocycles. The van der Waals surface area contributed by atoms with Gasteiger partial charge in [0.1, 0.15) is 11.6 Å². The van der Waals surface area contributed by atoms with Crippen molar-refractivity contribution >= 4 is 17.5 Å². The van der Waals surface area contributed by atoms with Gasteiger partial charge < -0.3 is 11.1 Å². The zero-order chi connectivity index (χ0) is 19.4. The van der Waals surface area contributed by atoms with Gasteiger partial charge in [-0.3, -0.25) is 14.5 Å². The summed E-state index contributed by atoms with van der Waals surface area (Å²) in [6.07, 6.45) is 1.49. The molecule has 2 aromatic rings. The summed E-state index contributed by atoms with van der Waals surface area (Å²) in [6, 6.07) is 10.0. The van der Waals surface area contributed by atoms with E-state index in [0.29, 0.717) is 12.2 Å². The first kappa shape index (κ1) is 19.0. The second kappa shape index (κ2) is 8.26. The lowest BCUT2D eigenvalue weighted by atomic mass is 9.96. The molecule has 7 heteroatoms. The highest BCUT2D eigenvalue weighted by atomic mass is 19.1. The van der Waals surface area contributed by atoms with Crippen molar-refractivity contribution in [3.05, 3.63) is 65.2 Å². The van der Waals surface area contributed by atoms with Gasteiger partial charge in [-0.1, -0.05) is 12.1 Å². The fourth-order valence-corrected chi connectivity index (χ4v) is 3.27. The van der Waals surface area contributed by atoms with Gasteiger partial charge in [0.25, 0.3) is 5.91 Å². The van der Waals surface area contributed by atoms with Crippen molar-refractivity contribution < 1.29 is 18.4 Å². The lowest BCUT2D eigenvalue weighted by Crippen LogP contribution is -2.38. The number of carbonyl (C=O) groups is 2. The minimum absolute atomic E-state index is 0.0569. The fourth-order valence-electron chi connectivity index (χ4n) is 3.27. The lowest BCUT2D eigenvalue weighted by Gasteiger charge is -2.30. The molecule has 2 amide bonds. The number of halogens is 2. The molecule has 27 heavy (non-hydrogen) atoms. The van der Waals surface area contributed by atoms with E-state index >= 15 is 0 Å². The van der Waals surface area contributed by atoms with Crippen molar-refractivity contribution in [3.8, 4) is 0 Å². The number of carbonyl (C=O) groups excluding carboxylic acids is 2. The number of hydrogen-bond acceptors (Lipinski definition) is 3. The summed E-state index contributed by atoms with van der Waals surface area (Å²) in [4.78, 5) is 25.7. The molecule has 5 nitrogen and oxygen atoms in total. The monoisotopic (exact) mass is 373 g/mol. The van der Waals surface area contributed by atoms with E-state index in [1.54, 1.807) is 6.07 Å². The Kier molecular flexibility index (Phi) is 5.81. The molecule has 3 N–H and O–H groups in total. The van der Waals surface area contributed by atoms with Crippen LogP contribution < -0.4 is 11.1 Å². The van der Waals surface area contributed by atoms with Gasteiger partial charge in [0.15, 0.2) is 0 Å². The zero-order valence-electron chi connectivity index (χ0n) is 14.8. The number of hydrogen-bond donors (Lipinski definition) is 2. The molecule has 1 saturated heterocycles. The summed E-state index contributed by atoms with van der Waals surface area (Å²) < 4.78 is 26.5. The molecule has 0 saturated carbocycles. The van der Waals surface area contributed by atoms with Gasteiger partial charge in [-0.05, 0) is 55.8 Å². The number of nitrogens with two attached hydrogens (primary N) is 1. The molecule has 0 radical (unpaired) electrons. The predicted molar refractivity (Wildman–Crippen MR) is 97.9 cm³/mol. The highest BCUT2D eigenvalue weighted by Crippen LogP contribution is 2.20. The molecule has 3 rings (SSSR count). The third kappa shape index (κ3) is 5.10. The molecule has 0 aliphatic carbocycles. The Morgan fingerprint density at radius 1 is 1.07 bits per heavy atom. The highest BCUT2D eigenvalue weighted by molar-refractivity contribution is 6.04. The van der Waals surface area contributed by atoms with Crippen LogP contribution in [-0.2, 0) is 11.3 Å². The van der Waals surface area contributed by atoms with Gasteiger partial charge in [0.05, 0.1) is 0 Å². The van der Waals surface area contributed by atoms with E-state index in [0.717, 1.165) is 49.7 Å². The van der Waals surface area contributed by atoms with Crippen LogP contribution in [0.25, 0.3) is 0 Å². The molecule has 1 aliphatic heterocycles. The van der Waals surface area contributed by atoms with Crippen molar-refractivity contribution in [2.75, 3.05) is 18.4 Å². The minimum atomic E-state index is -0.798.